The number of carbonyl (C=O) groups is 1. The van der Waals surface area contributed by atoms with E-state index in [1.165, 1.54) is 27.7 Å². The predicted octanol–water partition coefficient (Wildman–Crippen LogP) is 2.93. The van der Waals surface area contributed by atoms with Crippen molar-refractivity contribution in [3.8, 4) is 0 Å². The summed E-state index contributed by atoms with van der Waals surface area (Å²) in [6, 6.07) is 7.10. The van der Waals surface area contributed by atoms with E-state index < -0.39 is 0 Å². The number of ether oxygens (including phenoxy) is 1. The number of likely N-dealkylation sites (tertiary alicyclic amines) is 1. The van der Waals surface area contributed by atoms with Crippen LogP contribution >= 0.6 is 0 Å². The van der Waals surface area contributed by atoms with Gasteiger partial charge in [-0.25, -0.2) is 0 Å². The monoisotopic (exact) mass is 355 g/mol. The fourth-order valence-electron chi connectivity index (χ4n) is 5.31. The molecule has 0 spiro atoms. The minimum absolute atomic E-state index is 0.177. The molecule has 140 valence electrons. The van der Waals surface area contributed by atoms with Crippen LogP contribution in [0.5, 0.6) is 0 Å². The molecule has 0 unspecified atom stereocenters. The summed E-state index contributed by atoms with van der Waals surface area (Å²) in [6.45, 7) is 4.91. The van der Waals surface area contributed by atoms with Gasteiger partial charge < -0.3 is 15.5 Å². The Balaban J connectivity index is 1.77. The minimum atomic E-state index is -0.177. The highest BCUT2D eigenvalue weighted by molar-refractivity contribution is 5.89. The lowest BCUT2D eigenvalue weighted by atomic mass is 9.71. The zero-order valence-corrected chi connectivity index (χ0v) is 15.8. The number of amides is 1. The second-order valence-corrected chi connectivity index (χ2v) is 7.93. The second kappa shape index (κ2) is 7.05. The van der Waals surface area contributed by atoms with Crippen molar-refractivity contribution in [3.05, 3.63) is 35.0 Å². The summed E-state index contributed by atoms with van der Waals surface area (Å²) in [5.41, 5.74) is 10.8. The van der Waals surface area contributed by atoms with Crippen LogP contribution in [0.4, 0.5) is 0 Å². The van der Waals surface area contributed by atoms with Gasteiger partial charge in [-0.1, -0.05) is 19.1 Å². The van der Waals surface area contributed by atoms with Crippen LogP contribution in [0.25, 0.3) is 10.9 Å². The number of aromatic nitrogens is 1. The number of hydrogen-bond acceptors (Lipinski definition) is 3. The molecule has 2 aromatic rings. The molecule has 1 saturated heterocycles. The number of methoxy groups -OCH3 is 1. The second-order valence-electron chi connectivity index (χ2n) is 7.93. The van der Waals surface area contributed by atoms with Crippen molar-refractivity contribution < 1.29 is 9.53 Å². The van der Waals surface area contributed by atoms with Crippen molar-refractivity contribution in [3.63, 3.8) is 0 Å². The molecule has 4 rings (SSSR count). The maximum atomic E-state index is 11.5. The predicted molar refractivity (Wildman–Crippen MR) is 103 cm³/mol. The molecule has 1 aromatic heterocycles. The minimum Gasteiger partial charge on any atom is -0.378 e. The van der Waals surface area contributed by atoms with E-state index in [-0.39, 0.29) is 5.91 Å². The molecule has 26 heavy (non-hydrogen) atoms. The number of primary amides is 1. The smallest absolute Gasteiger partial charge is 0.217 e. The Hall–Kier alpha value is -1.85. The van der Waals surface area contributed by atoms with Crippen molar-refractivity contribution in [2.75, 3.05) is 20.2 Å². The van der Waals surface area contributed by atoms with Crippen molar-refractivity contribution in [2.45, 2.75) is 51.2 Å². The summed E-state index contributed by atoms with van der Waals surface area (Å²) in [7, 11) is 1.75. The number of rotatable bonds is 6. The number of piperidine rings is 1. The van der Waals surface area contributed by atoms with Crippen molar-refractivity contribution in [2.24, 2.45) is 11.7 Å². The standard InChI is InChI=1S/C21H29N3O2/c1-3-7-24-11-13(9-20(22)25)8-15-14-5-4-6-17-21(14)16(10-19(15)24)18(23-17)12-26-2/h4-6,13,15,19,23H,3,7-12H2,1-2H3,(H2,22,25)/t13-,15+,19+/m0/s1. The zero-order valence-electron chi connectivity index (χ0n) is 15.8. The van der Waals surface area contributed by atoms with Gasteiger partial charge in [-0.05, 0) is 48.9 Å². The molecule has 3 atom stereocenters. The van der Waals surface area contributed by atoms with Crippen LogP contribution in [-0.2, 0) is 22.6 Å². The molecule has 2 heterocycles. The summed E-state index contributed by atoms with van der Waals surface area (Å²) < 4.78 is 5.44. The van der Waals surface area contributed by atoms with E-state index in [4.69, 9.17) is 10.5 Å². The van der Waals surface area contributed by atoms with Crippen LogP contribution in [-0.4, -0.2) is 42.0 Å². The first-order valence-corrected chi connectivity index (χ1v) is 9.76. The van der Waals surface area contributed by atoms with Crippen LogP contribution in [0.3, 0.4) is 0 Å². The topological polar surface area (TPSA) is 71.3 Å². The first-order valence-electron chi connectivity index (χ1n) is 9.76. The lowest BCUT2D eigenvalue weighted by molar-refractivity contribution is -0.119. The first-order chi connectivity index (χ1) is 12.6. The van der Waals surface area contributed by atoms with E-state index in [9.17, 15) is 4.79 Å². The molecule has 0 bridgehead atoms. The third kappa shape index (κ3) is 2.93. The summed E-state index contributed by atoms with van der Waals surface area (Å²) in [5.74, 6) is 0.653. The molecule has 5 nitrogen and oxygen atoms in total. The van der Waals surface area contributed by atoms with Gasteiger partial charge in [-0.2, -0.15) is 0 Å². The Morgan fingerprint density at radius 1 is 1.42 bits per heavy atom. The van der Waals surface area contributed by atoms with Crippen molar-refractivity contribution >= 4 is 16.8 Å². The largest absolute Gasteiger partial charge is 0.378 e. The maximum Gasteiger partial charge on any atom is 0.217 e. The SMILES string of the molecule is CCCN1C[C@H](CC(N)=O)C[C@@H]2c3cccc4[nH]c(COC)c(c34)C[C@H]21. The number of benzene rings is 1. The van der Waals surface area contributed by atoms with E-state index in [0.29, 0.717) is 30.9 Å². The highest BCUT2D eigenvalue weighted by Crippen LogP contribution is 2.46. The molecular formula is C21H29N3O2. The maximum absolute atomic E-state index is 11.5. The zero-order chi connectivity index (χ0) is 18.3. The van der Waals surface area contributed by atoms with Gasteiger partial charge in [0.05, 0.1) is 6.61 Å². The normalized spacial score (nSPS) is 25.4. The van der Waals surface area contributed by atoms with Crippen LogP contribution in [0.2, 0.25) is 0 Å². The molecule has 1 amide bonds. The number of aromatic amines is 1. The van der Waals surface area contributed by atoms with E-state index >= 15 is 0 Å². The number of H-pyrrole nitrogens is 1. The van der Waals surface area contributed by atoms with E-state index in [2.05, 4.69) is 35.0 Å². The summed E-state index contributed by atoms with van der Waals surface area (Å²) in [5, 5.41) is 1.39. The highest BCUT2D eigenvalue weighted by atomic mass is 16.5. The summed E-state index contributed by atoms with van der Waals surface area (Å²) >= 11 is 0. The summed E-state index contributed by atoms with van der Waals surface area (Å²) in [6.07, 6.45) is 3.73. The van der Waals surface area contributed by atoms with E-state index in [1.54, 1.807) is 7.11 Å². The fraction of sp³-hybridized carbons (Fsp3) is 0.571. The number of carbonyl (C=O) groups excluding carboxylic acids is 1. The van der Waals surface area contributed by atoms with E-state index in [0.717, 1.165) is 32.4 Å². The third-order valence-corrected chi connectivity index (χ3v) is 6.16. The molecule has 2 aliphatic rings. The van der Waals surface area contributed by atoms with E-state index in [1.807, 2.05) is 0 Å². The molecule has 1 fully saturated rings. The van der Waals surface area contributed by atoms with Crippen LogP contribution in [0.1, 0.15) is 48.9 Å². The summed E-state index contributed by atoms with van der Waals surface area (Å²) in [4.78, 5) is 17.7. The van der Waals surface area contributed by atoms with Gasteiger partial charge in [0.2, 0.25) is 5.91 Å². The Kier molecular flexibility index (Phi) is 4.76. The lowest BCUT2D eigenvalue weighted by Gasteiger charge is -2.47. The van der Waals surface area contributed by atoms with Gasteiger partial charge in [0, 0.05) is 48.6 Å². The lowest BCUT2D eigenvalue weighted by Crippen LogP contribution is -2.50. The molecule has 0 saturated carbocycles. The van der Waals surface area contributed by atoms with Gasteiger partial charge in [-0.15, -0.1) is 0 Å². The molecule has 0 radical (unpaired) electrons. The van der Waals surface area contributed by atoms with Gasteiger partial charge in [0.25, 0.3) is 0 Å². The average Bonchev–Trinajstić information content (AvgIpc) is 2.95. The Morgan fingerprint density at radius 2 is 2.27 bits per heavy atom. The molecule has 1 aromatic carbocycles. The van der Waals surface area contributed by atoms with Crippen LogP contribution < -0.4 is 5.73 Å². The molecule has 1 aliphatic carbocycles. The molecule has 3 N–H and O–H groups in total. The first kappa shape index (κ1) is 17.6. The Labute approximate surface area is 154 Å². The molecular weight excluding hydrogens is 326 g/mol. The number of nitrogens with zero attached hydrogens (tertiary/aromatic N) is 1. The molecule has 1 aliphatic heterocycles. The number of nitrogens with two attached hydrogens (primary N) is 1. The third-order valence-electron chi connectivity index (χ3n) is 6.16. The average molecular weight is 355 g/mol. The molecule has 5 heteroatoms. The fourth-order valence-corrected chi connectivity index (χ4v) is 5.31. The van der Waals surface area contributed by atoms with Gasteiger partial charge in [0.15, 0.2) is 0 Å². The number of nitrogens with one attached hydrogen (secondary N) is 1. The van der Waals surface area contributed by atoms with Gasteiger partial charge in [-0.3, -0.25) is 9.69 Å². The van der Waals surface area contributed by atoms with Gasteiger partial charge >= 0.3 is 0 Å². The van der Waals surface area contributed by atoms with Crippen LogP contribution in [0.15, 0.2) is 18.2 Å². The number of fused-ring (bicyclic) bond motifs is 2. The highest BCUT2D eigenvalue weighted by Gasteiger charge is 2.41. The van der Waals surface area contributed by atoms with Gasteiger partial charge in [0.1, 0.15) is 0 Å². The Morgan fingerprint density at radius 3 is 3.00 bits per heavy atom. The quantitative estimate of drug-likeness (QED) is 0.837. The van der Waals surface area contributed by atoms with Crippen molar-refractivity contribution in [1.29, 1.82) is 0 Å². The van der Waals surface area contributed by atoms with Crippen LogP contribution in [0, 0.1) is 5.92 Å². The number of hydrogen-bond donors (Lipinski definition) is 2. The Bertz CT molecular complexity index is 813. The van der Waals surface area contributed by atoms with Crippen molar-refractivity contribution in [1.82, 2.24) is 9.88 Å².